The zero-order chi connectivity index (χ0) is 14.5. The summed E-state index contributed by atoms with van der Waals surface area (Å²) in [5.74, 6) is 0.535. The number of nitrogens with one attached hydrogen (secondary N) is 2. The van der Waals surface area contributed by atoms with Crippen LogP contribution in [0.25, 0.3) is 0 Å². The molecule has 0 radical (unpaired) electrons. The van der Waals surface area contributed by atoms with E-state index in [1.54, 1.807) is 12.3 Å². The molecule has 0 unspecified atom stereocenters. The number of carbonyl (C=O) groups excluding carboxylic acids is 1. The summed E-state index contributed by atoms with van der Waals surface area (Å²) in [6.45, 7) is 9.85. The van der Waals surface area contributed by atoms with E-state index < -0.39 is 0 Å². The monoisotopic (exact) mass is 327 g/mol. The lowest BCUT2D eigenvalue weighted by molar-refractivity contribution is 0.0950. The first-order valence-corrected chi connectivity index (χ1v) is 7.30. The molecule has 0 aliphatic rings. The Balaban J connectivity index is 2.72. The molecule has 0 atom stereocenters. The largest absolute Gasteiger partial charge is 0.370 e. The lowest BCUT2D eigenvalue weighted by Gasteiger charge is -2.18. The summed E-state index contributed by atoms with van der Waals surface area (Å²) >= 11 is 3.35. The van der Waals surface area contributed by atoms with Gasteiger partial charge in [-0.15, -0.1) is 0 Å². The van der Waals surface area contributed by atoms with Crippen molar-refractivity contribution >= 4 is 27.7 Å². The molecule has 1 aromatic heterocycles. The number of hydrogen-bond acceptors (Lipinski definition) is 3. The van der Waals surface area contributed by atoms with E-state index in [0.717, 1.165) is 17.4 Å². The molecule has 1 amide bonds. The van der Waals surface area contributed by atoms with E-state index in [1.807, 2.05) is 6.92 Å². The topological polar surface area (TPSA) is 54.0 Å². The second kappa shape index (κ2) is 6.89. The smallest absolute Gasteiger partial charge is 0.255 e. The number of rotatable bonds is 5. The zero-order valence-electron chi connectivity index (χ0n) is 12.0. The second-order valence-electron chi connectivity index (χ2n) is 5.65. The van der Waals surface area contributed by atoms with Gasteiger partial charge in [-0.05, 0) is 40.8 Å². The number of aromatic nitrogens is 1. The number of pyridine rings is 1. The molecule has 0 aliphatic heterocycles. The van der Waals surface area contributed by atoms with Crippen LogP contribution in [0.1, 0.15) is 44.5 Å². The SMILES string of the molecule is CCNc1ncc(Br)cc1C(=O)NCCC(C)(C)C. The summed E-state index contributed by atoms with van der Waals surface area (Å²) in [4.78, 5) is 16.4. The molecule has 106 valence electrons. The van der Waals surface area contributed by atoms with Gasteiger partial charge in [0.15, 0.2) is 0 Å². The van der Waals surface area contributed by atoms with Gasteiger partial charge in [0, 0.05) is 23.8 Å². The van der Waals surface area contributed by atoms with Crippen LogP contribution >= 0.6 is 15.9 Å². The van der Waals surface area contributed by atoms with Crippen molar-refractivity contribution in [2.75, 3.05) is 18.4 Å². The van der Waals surface area contributed by atoms with Gasteiger partial charge < -0.3 is 10.6 Å². The third-order valence-electron chi connectivity index (χ3n) is 2.60. The molecule has 0 saturated heterocycles. The summed E-state index contributed by atoms with van der Waals surface area (Å²) in [5, 5.41) is 6.04. The minimum atomic E-state index is -0.0889. The second-order valence-corrected chi connectivity index (χ2v) is 6.56. The molecular formula is C14H22BrN3O. The molecule has 0 bridgehead atoms. The van der Waals surface area contributed by atoms with Crippen LogP contribution in [0.5, 0.6) is 0 Å². The molecule has 0 aliphatic carbocycles. The van der Waals surface area contributed by atoms with Crippen molar-refractivity contribution in [3.63, 3.8) is 0 Å². The Morgan fingerprint density at radius 3 is 2.68 bits per heavy atom. The number of hydrogen-bond donors (Lipinski definition) is 2. The van der Waals surface area contributed by atoms with Gasteiger partial charge in [0.1, 0.15) is 5.82 Å². The van der Waals surface area contributed by atoms with Gasteiger partial charge in [0.2, 0.25) is 0 Å². The van der Waals surface area contributed by atoms with Crippen LogP contribution in [0.15, 0.2) is 16.7 Å². The van der Waals surface area contributed by atoms with Gasteiger partial charge in [0.25, 0.3) is 5.91 Å². The Morgan fingerprint density at radius 1 is 1.42 bits per heavy atom. The highest BCUT2D eigenvalue weighted by Gasteiger charge is 2.15. The molecule has 2 N–H and O–H groups in total. The number of carbonyl (C=O) groups is 1. The van der Waals surface area contributed by atoms with E-state index in [9.17, 15) is 4.79 Å². The van der Waals surface area contributed by atoms with Crippen molar-refractivity contribution < 1.29 is 4.79 Å². The maximum atomic E-state index is 12.2. The highest BCUT2D eigenvalue weighted by Crippen LogP contribution is 2.19. The number of nitrogens with zero attached hydrogens (tertiary/aromatic N) is 1. The fraction of sp³-hybridized carbons (Fsp3) is 0.571. The number of amides is 1. The first kappa shape index (κ1) is 16.0. The minimum absolute atomic E-state index is 0.0889. The zero-order valence-corrected chi connectivity index (χ0v) is 13.6. The molecule has 1 aromatic rings. The van der Waals surface area contributed by atoms with Crippen molar-refractivity contribution in [2.45, 2.75) is 34.1 Å². The van der Waals surface area contributed by atoms with Gasteiger partial charge in [-0.25, -0.2) is 4.98 Å². The summed E-state index contributed by atoms with van der Waals surface area (Å²) in [5.41, 5.74) is 0.790. The summed E-state index contributed by atoms with van der Waals surface area (Å²) in [6.07, 6.45) is 2.63. The maximum absolute atomic E-state index is 12.2. The van der Waals surface area contributed by atoms with E-state index in [-0.39, 0.29) is 11.3 Å². The van der Waals surface area contributed by atoms with E-state index in [4.69, 9.17) is 0 Å². The lowest BCUT2D eigenvalue weighted by atomic mass is 9.92. The van der Waals surface area contributed by atoms with Crippen LogP contribution in [0.4, 0.5) is 5.82 Å². The Bertz CT molecular complexity index is 441. The molecule has 0 spiro atoms. The average Bonchev–Trinajstić information content (AvgIpc) is 2.30. The third kappa shape index (κ3) is 5.59. The highest BCUT2D eigenvalue weighted by molar-refractivity contribution is 9.10. The Hall–Kier alpha value is -1.10. The van der Waals surface area contributed by atoms with Gasteiger partial charge >= 0.3 is 0 Å². The van der Waals surface area contributed by atoms with Crippen LogP contribution in [-0.2, 0) is 0 Å². The molecule has 0 saturated carbocycles. The number of anilines is 1. The van der Waals surface area contributed by atoms with Gasteiger partial charge in [-0.2, -0.15) is 0 Å². The maximum Gasteiger partial charge on any atom is 0.255 e. The Morgan fingerprint density at radius 2 is 2.11 bits per heavy atom. The first-order chi connectivity index (χ1) is 8.83. The van der Waals surface area contributed by atoms with Gasteiger partial charge in [-0.1, -0.05) is 20.8 Å². The van der Waals surface area contributed by atoms with Gasteiger partial charge in [0.05, 0.1) is 5.56 Å². The number of halogens is 1. The molecule has 4 nitrogen and oxygen atoms in total. The van der Waals surface area contributed by atoms with Crippen molar-refractivity contribution in [3.05, 3.63) is 22.3 Å². The molecule has 1 heterocycles. The van der Waals surface area contributed by atoms with Crippen LogP contribution < -0.4 is 10.6 Å². The van der Waals surface area contributed by atoms with E-state index in [2.05, 4.69) is 52.3 Å². The molecule has 19 heavy (non-hydrogen) atoms. The normalized spacial score (nSPS) is 11.2. The van der Waals surface area contributed by atoms with Crippen molar-refractivity contribution in [2.24, 2.45) is 5.41 Å². The molecular weight excluding hydrogens is 306 g/mol. The predicted octanol–water partition coefficient (Wildman–Crippen LogP) is 3.44. The van der Waals surface area contributed by atoms with E-state index in [0.29, 0.717) is 17.9 Å². The summed E-state index contributed by atoms with van der Waals surface area (Å²) in [6, 6.07) is 1.79. The van der Waals surface area contributed by atoms with Crippen molar-refractivity contribution in [1.82, 2.24) is 10.3 Å². The van der Waals surface area contributed by atoms with Crippen LogP contribution in [0.3, 0.4) is 0 Å². The summed E-state index contributed by atoms with van der Waals surface area (Å²) in [7, 11) is 0. The molecule has 5 heteroatoms. The van der Waals surface area contributed by atoms with Crippen LogP contribution in [0.2, 0.25) is 0 Å². The first-order valence-electron chi connectivity index (χ1n) is 6.51. The Labute approximate surface area is 123 Å². The quantitative estimate of drug-likeness (QED) is 0.870. The average molecular weight is 328 g/mol. The minimum Gasteiger partial charge on any atom is -0.370 e. The Kier molecular flexibility index (Phi) is 5.79. The predicted molar refractivity (Wildman–Crippen MR) is 82.5 cm³/mol. The lowest BCUT2D eigenvalue weighted by Crippen LogP contribution is -2.28. The molecule has 1 rings (SSSR count). The standard InChI is InChI=1S/C14H22BrN3O/c1-5-16-12-11(8-10(15)9-18-12)13(19)17-7-6-14(2,3)4/h8-9H,5-7H2,1-4H3,(H,16,18)(H,17,19). The fourth-order valence-corrected chi connectivity index (χ4v) is 1.90. The third-order valence-corrected chi connectivity index (χ3v) is 3.04. The molecule has 0 fully saturated rings. The van der Waals surface area contributed by atoms with Crippen molar-refractivity contribution in [1.29, 1.82) is 0 Å². The highest BCUT2D eigenvalue weighted by atomic mass is 79.9. The van der Waals surface area contributed by atoms with Crippen LogP contribution in [0, 0.1) is 5.41 Å². The van der Waals surface area contributed by atoms with E-state index in [1.165, 1.54) is 0 Å². The van der Waals surface area contributed by atoms with Crippen molar-refractivity contribution in [3.8, 4) is 0 Å². The summed E-state index contributed by atoms with van der Waals surface area (Å²) < 4.78 is 0.801. The van der Waals surface area contributed by atoms with Gasteiger partial charge in [-0.3, -0.25) is 4.79 Å². The fourth-order valence-electron chi connectivity index (χ4n) is 1.57. The van der Waals surface area contributed by atoms with Crippen LogP contribution in [-0.4, -0.2) is 24.0 Å². The molecule has 0 aromatic carbocycles. The van der Waals surface area contributed by atoms with E-state index >= 15 is 0 Å².